The maximum Gasteiger partial charge on any atom is 0.339 e. The molecule has 3 heterocycles. The van der Waals surface area contributed by atoms with Gasteiger partial charge in [0.2, 0.25) is 0 Å². The number of fused-ring (bicyclic) bond motifs is 1. The van der Waals surface area contributed by atoms with Gasteiger partial charge >= 0.3 is 5.97 Å². The Morgan fingerprint density at radius 3 is 2.64 bits per heavy atom. The van der Waals surface area contributed by atoms with Crippen molar-refractivity contribution in [2.45, 2.75) is 19.9 Å². The van der Waals surface area contributed by atoms with Gasteiger partial charge in [-0.2, -0.15) is 5.10 Å². The number of imidazole rings is 1. The van der Waals surface area contributed by atoms with Crippen LogP contribution in [0, 0.1) is 11.6 Å². The van der Waals surface area contributed by atoms with E-state index >= 15 is 0 Å². The molecule has 0 aliphatic carbocycles. The molecule has 0 spiro atoms. The Hall–Kier alpha value is -4.67. The first kappa shape index (κ1) is 24.5. The summed E-state index contributed by atoms with van der Waals surface area (Å²) in [6.45, 7) is 2.90. The normalized spacial score (nSPS) is 10.6. The molecule has 0 atom stereocenters. The highest BCUT2D eigenvalue weighted by Gasteiger charge is 2.18. The number of hydrogen-bond donors (Lipinski definition) is 1. The van der Waals surface area contributed by atoms with Gasteiger partial charge in [0.15, 0.2) is 23.2 Å². The molecule has 0 amide bonds. The van der Waals surface area contributed by atoms with Crippen LogP contribution in [0.1, 0.15) is 29.5 Å². The SMILES string of the molecule is CCCOc1ccccc1C(=O)O.Fc1cccc(-c2nc3cnn(Cc4ccno4)cc-3n2)c1F. The fourth-order valence-corrected chi connectivity index (χ4v) is 3.21. The standard InChI is InChI=1S/C15H9F2N5O.C10H12O3/c16-11-3-1-2-10(14(11)17)15-20-12-6-18-22(8-13(12)21-15)7-9-4-5-19-23-9;1-2-7-13-9-6-4-3-5-8(9)10(11)12/h1-6,8H,7H2;3-6H,2,7H2,1H3,(H,11,12). The number of hydrogen-bond acceptors (Lipinski definition) is 7. The van der Waals surface area contributed by atoms with E-state index in [-0.39, 0.29) is 17.0 Å². The van der Waals surface area contributed by atoms with Crippen molar-refractivity contribution in [3.63, 3.8) is 0 Å². The Morgan fingerprint density at radius 1 is 1.08 bits per heavy atom. The molecule has 9 nitrogen and oxygen atoms in total. The van der Waals surface area contributed by atoms with E-state index in [0.29, 0.717) is 36.0 Å². The van der Waals surface area contributed by atoms with Crippen LogP contribution < -0.4 is 4.74 Å². The van der Waals surface area contributed by atoms with Crippen molar-refractivity contribution in [2.75, 3.05) is 6.61 Å². The largest absolute Gasteiger partial charge is 0.493 e. The van der Waals surface area contributed by atoms with E-state index in [2.05, 4.69) is 20.2 Å². The first-order valence-corrected chi connectivity index (χ1v) is 11.0. The van der Waals surface area contributed by atoms with E-state index in [1.165, 1.54) is 24.4 Å². The number of rotatable bonds is 7. The highest BCUT2D eigenvalue weighted by atomic mass is 19.2. The quantitative estimate of drug-likeness (QED) is 0.339. The summed E-state index contributed by atoms with van der Waals surface area (Å²) >= 11 is 0. The van der Waals surface area contributed by atoms with Crippen molar-refractivity contribution in [1.82, 2.24) is 24.9 Å². The van der Waals surface area contributed by atoms with Gasteiger partial charge in [0.05, 0.1) is 30.8 Å². The molecule has 3 aromatic rings. The van der Waals surface area contributed by atoms with E-state index in [9.17, 15) is 13.6 Å². The molecule has 0 fully saturated rings. The first-order valence-electron chi connectivity index (χ1n) is 11.0. The maximum absolute atomic E-state index is 13.9. The van der Waals surface area contributed by atoms with Crippen molar-refractivity contribution >= 4 is 5.97 Å². The molecule has 1 aromatic heterocycles. The van der Waals surface area contributed by atoms with Crippen molar-refractivity contribution in [3.05, 3.63) is 90.1 Å². The lowest BCUT2D eigenvalue weighted by atomic mass is 10.2. The number of ether oxygens (including phenoxy) is 1. The second kappa shape index (κ2) is 11.2. The zero-order chi connectivity index (χ0) is 25.5. The average Bonchev–Trinajstić information content (AvgIpc) is 3.54. The summed E-state index contributed by atoms with van der Waals surface area (Å²) in [5.41, 5.74) is 1.26. The fraction of sp³-hybridized carbons (Fsp3) is 0.160. The number of benzene rings is 2. The third kappa shape index (κ3) is 5.69. The topological polar surface area (TPSA) is 116 Å². The Morgan fingerprint density at radius 2 is 1.89 bits per heavy atom. The van der Waals surface area contributed by atoms with Crippen LogP contribution in [-0.2, 0) is 6.54 Å². The molecule has 5 rings (SSSR count). The zero-order valence-electron chi connectivity index (χ0n) is 19.1. The van der Waals surface area contributed by atoms with Crippen LogP contribution in [0.4, 0.5) is 8.78 Å². The summed E-state index contributed by atoms with van der Waals surface area (Å²) in [6.07, 6.45) is 5.58. The number of para-hydroxylation sites is 1. The van der Waals surface area contributed by atoms with E-state index in [1.807, 2.05) is 6.92 Å². The van der Waals surface area contributed by atoms with Gasteiger partial charge in [-0.15, -0.1) is 0 Å². The number of carboxylic acid groups (broad SMARTS) is 1. The van der Waals surface area contributed by atoms with Crippen molar-refractivity contribution in [2.24, 2.45) is 0 Å². The smallest absolute Gasteiger partial charge is 0.339 e. The molecular weight excluding hydrogens is 472 g/mol. The first-order chi connectivity index (χ1) is 17.5. The average molecular weight is 493 g/mol. The highest BCUT2D eigenvalue weighted by molar-refractivity contribution is 5.90. The molecule has 0 bridgehead atoms. The second-order valence-electron chi connectivity index (χ2n) is 7.52. The summed E-state index contributed by atoms with van der Waals surface area (Å²) in [6, 6.07) is 12.3. The predicted octanol–water partition coefficient (Wildman–Crippen LogP) is 4.93. The van der Waals surface area contributed by atoms with Crippen molar-refractivity contribution in [3.8, 4) is 28.5 Å². The summed E-state index contributed by atoms with van der Waals surface area (Å²) in [7, 11) is 0. The number of carboxylic acids is 1. The minimum Gasteiger partial charge on any atom is -0.493 e. The Kier molecular flexibility index (Phi) is 7.59. The van der Waals surface area contributed by atoms with Gasteiger partial charge in [0.25, 0.3) is 0 Å². The molecular formula is C25H21F2N5O4. The fourth-order valence-electron chi connectivity index (χ4n) is 3.21. The lowest BCUT2D eigenvalue weighted by Crippen LogP contribution is -2.04. The Labute approximate surface area is 204 Å². The second-order valence-corrected chi connectivity index (χ2v) is 7.52. The van der Waals surface area contributed by atoms with Gasteiger partial charge < -0.3 is 14.4 Å². The van der Waals surface area contributed by atoms with E-state index in [1.54, 1.807) is 41.3 Å². The van der Waals surface area contributed by atoms with Gasteiger partial charge in [-0.25, -0.2) is 23.5 Å². The van der Waals surface area contributed by atoms with Gasteiger partial charge in [0.1, 0.15) is 29.2 Å². The summed E-state index contributed by atoms with van der Waals surface area (Å²) in [5, 5.41) is 16.6. The van der Waals surface area contributed by atoms with Crippen molar-refractivity contribution in [1.29, 1.82) is 0 Å². The lowest BCUT2D eigenvalue weighted by Gasteiger charge is -2.06. The predicted molar refractivity (Wildman–Crippen MR) is 125 cm³/mol. The minimum absolute atomic E-state index is 0.0167. The molecule has 2 aliphatic rings. The lowest BCUT2D eigenvalue weighted by molar-refractivity contribution is 0.0692. The number of nitrogens with zero attached hydrogens (tertiary/aromatic N) is 5. The number of aromatic carboxylic acids is 1. The molecule has 2 aliphatic heterocycles. The van der Waals surface area contributed by atoms with Gasteiger partial charge in [-0.3, -0.25) is 4.68 Å². The molecule has 36 heavy (non-hydrogen) atoms. The number of halogens is 2. The van der Waals surface area contributed by atoms with Crippen LogP contribution in [0.15, 0.2) is 71.6 Å². The van der Waals surface area contributed by atoms with Gasteiger partial charge in [-0.1, -0.05) is 30.3 Å². The van der Waals surface area contributed by atoms with Crippen LogP contribution in [0.25, 0.3) is 22.8 Å². The summed E-state index contributed by atoms with van der Waals surface area (Å²) < 4.78 is 39.1. The number of aromatic nitrogens is 5. The van der Waals surface area contributed by atoms with Crippen LogP contribution in [0.5, 0.6) is 5.75 Å². The molecule has 0 saturated carbocycles. The van der Waals surface area contributed by atoms with Crippen LogP contribution in [0.2, 0.25) is 0 Å². The van der Waals surface area contributed by atoms with Gasteiger partial charge in [0, 0.05) is 6.07 Å². The molecule has 1 N–H and O–H groups in total. The number of carbonyl (C=O) groups is 1. The highest BCUT2D eigenvalue weighted by Crippen LogP contribution is 2.27. The Bertz CT molecular complexity index is 1420. The summed E-state index contributed by atoms with van der Waals surface area (Å²) in [4.78, 5) is 19.1. The molecule has 0 unspecified atom stereocenters. The molecule has 0 saturated heterocycles. The minimum atomic E-state index is -0.967. The third-order valence-corrected chi connectivity index (χ3v) is 4.90. The van der Waals surface area contributed by atoms with E-state index in [0.717, 1.165) is 12.5 Å². The van der Waals surface area contributed by atoms with E-state index < -0.39 is 17.6 Å². The van der Waals surface area contributed by atoms with Crippen LogP contribution in [0.3, 0.4) is 0 Å². The summed E-state index contributed by atoms with van der Waals surface area (Å²) in [5.74, 6) is -1.65. The van der Waals surface area contributed by atoms with Crippen LogP contribution in [-0.4, -0.2) is 42.6 Å². The Balaban J connectivity index is 0.000000200. The van der Waals surface area contributed by atoms with E-state index in [4.69, 9.17) is 14.4 Å². The zero-order valence-corrected chi connectivity index (χ0v) is 19.1. The van der Waals surface area contributed by atoms with Gasteiger partial charge in [-0.05, 0) is 30.7 Å². The molecule has 2 aromatic carbocycles. The monoisotopic (exact) mass is 493 g/mol. The molecule has 184 valence electrons. The molecule has 0 radical (unpaired) electrons. The maximum atomic E-state index is 13.9. The third-order valence-electron chi connectivity index (χ3n) is 4.90. The van der Waals surface area contributed by atoms with Crippen LogP contribution >= 0.6 is 0 Å². The molecule has 11 heteroatoms. The van der Waals surface area contributed by atoms with Crippen molar-refractivity contribution < 1.29 is 27.9 Å².